The summed E-state index contributed by atoms with van der Waals surface area (Å²) >= 11 is 0. The number of aryl methyl sites for hydroxylation is 1. The van der Waals surface area contributed by atoms with E-state index in [0.717, 1.165) is 6.07 Å². The molecule has 0 aliphatic rings. The molecule has 0 unspecified atom stereocenters. The van der Waals surface area contributed by atoms with Crippen molar-refractivity contribution in [3.8, 4) is 11.4 Å². The van der Waals surface area contributed by atoms with E-state index in [2.05, 4.69) is 15.5 Å². The Balaban J connectivity index is 1.96. The molecule has 3 rings (SSSR count). The van der Waals surface area contributed by atoms with Gasteiger partial charge in [0.2, 0.25) is 0 Å². The van der Waals surface area contributed by atoms with E-state index >= 15 is 0 Å². The van der Waals surface area contributed by atoms with Crippen molar-refractivity contribution in [2.75, 3.05) is 0 Å². The number of tetrazole rings is 1. The molecular weight excluding hydrogens is 350 g/mol. The Labute approximate surface area is 141 Å². The van der Waals surface area contributed by atoms with Gasteiger partial charge < -0.3 is 4.18 Å². The Kier molecular flexibility index (Phi) is 4.15. The summed E-state index contributed by atoms with van der Waals surface area (Å²) in [6.45, 7) is 1.53. The third-order valence-electron chi connectivity index (χ3n) is 3.29. The summed E-state index contributed by atoms with van der Waals surface area (Å²) in [7, 11) is -4.25. The van der Waals surface area contributed by atoms with Gasteiger partial charge in [0, 0.05) is 18.2 Å². The van der Waals surface area contributed by atoms with Crippen molar-refractivity contribution < 1.29 is 17.5 Å². The maximum Gasteiger partial charge on any atom is 0.339 e. The number of nitro groups is 1. The van der Waals surface area contributed by atoms with E-state index in [-0.39, 0.29) is 16.3 Å². The first-order chi connectivity index (χ1) is 11.9. The highest BCUT2D eigenvalue weighted by Crippen LogP contribution is 2.26. The van der Waals surface area contributed by atoms with Gasteiger partial charge in [-0.3, -0.25) is 10.1 Å². The summed E-state index contributed by atoms with van der Waals surface area (Å²) < 4.78 is 31.4. The highest BCUT2D eigenvalue weighted by atomic mass is 32.2. The van der Waals surface area contributed by atoms with Crippen molar-refractivity contribution in [3.63, 3.8) is 0 Å². The van der Waals surface area contributed by atoms with Gasteiger partial charge in [-0.2, -0.15) is 8.42 Å². The lowest BCUT2D eigenvalue weighted by Crippen LogP contribution is -2.12. The summed E-state index contributed by atoms with van der Waals surface area (Å²) in [4.78, 5) is 9.94. The number of non-ortho nitro benzene ring substituents is 1. The van der Waals surface area contributed by atoms with Crippen LogP contribution in [0, 0.1) is 17.0 Å². The molecule has 2 aromatic carbocycles. The summed E-state index contributed by atoms with van der Waals surface area (Å²) in [5.74, 6) is 0.0268. The van der Waals surface area contributed by atoms with Crippen LogP contribution in [0.4, 0.5) is 5.69 Å². The van der Waals surface area contributed by atoms with Gasteiger partial charge in [-0.1, -0.05) is 12.1 Å². The Morgan fingerprint density at radius 2 is 2.00 bits per heavy atom. The van der Waals surface area contributed by atoms with E-state index in [1.807, 2.05) is 0 Å². The van der Waals surface area contributed by atoms with Gasteiger partial charge in [0.15, 0.2) is 0 Å². The van der Waals surface area contributed by atoms with E-state index in [9.17, 15) is 18.5 Å². The van der Waals surface area contributed by atoms with Crippen molar-refractivity contribution in [1.82, 2.24) is 20.2 Å². The van der Waals surface area contributed by atoms with Crippen molar-refractivity contribution in [3.05, 3.63) is 64.5 Å². The molecule has 128 valence electrons. The van der Waals surface area contributed by atoms with Crippen LogP contribution in [0.15, 0.2) is 53.7 Å². The lowest BCUT2D eigenvalue weighted by molar-refractivity contribution is -0.385. The molecule has 25 heavy (non-hydrogen) atoms. The maximum absolute atomic E-state index is 12.5. The Morgan fingerprint density at radius 1 is 1.20 bits per heavy atom. The van der Waals surface area contributed by atoms with Crippen molar-refractivity contribution in [2.24, 2.45) is 0 Å². The number of nitro benzene ring substituents is 1. The van der Waals surface area contributed by atoms with Crippen LogP contribution in [0.2, 0.25) is 0 Å². The SMILES string of the molecule is Cc1ccc([N+](=O)[O-])cc1S(=O)(=O)Oc1cccc(-n2cnnn2)c1. The van der Waals surface area contributed by atoms with Crippen LogP contribution in [0.3, 0.4) is 0 Å². The quantitative estimate of drug-likeness (QED) is 0.381. The minimum Gasteiger partial charge on any atom is -0.379 e. The number of hydrogen-bond acceptors (Lipinski definition) is 8. The van der Waals surface area contributed by atoms with Crippen molar-refractivity contribution in [2.45, 2.75) is 11.8 Å². The van der Waals surface area contributed by atoms with Gasteiger partial charge >= 0.3 is 10.1 Å². The van der Waals surface area contributed by atoms with Crippen molar-refractivity contribution in [1.29, 1.82) is 0 Å². The van der Waals surface area contributed by atoms with Crippen LogP contribution in [0.1, 0.15) is 5.56 Å². The first-order valence-electron chi connectivity index (χ1n) is 6.90. The van der Waals surface area contributed by atoms with Gasteiger partial charge in [-0.15, -0.1) is 5.10 Å². The first kappa shape index (κ1) is 16.5. The largest absolute Gasteiger partial charge is 0.379 e. The number of hydrogen-bond donors (Lipinski definition) is 0. The zero-order chi connectivity index (χ0) is 18.0. The minimum atomic E-state index is -4.25. The fourth-order valence-corrected chi connectivity index (χ4v) is 3.27. The Hall–Kier alpha value is -3.34. The summed E-state index contributed by atoms with van der Waals surface area (Å²) in [6.07, 6.45) is 1.35. The monoisotopic (exact) mass is 361 g/mol. The second-order valence-corrected chi connectivity index (χ2v) is 6.51. The van der Waals surface area contributed by atoms with Crippen molar-refractivity contribution >= 4 is 15.8 Å². The van der Waals surface area contributed by atoms with E-state index in [1.54, 1.807) is 12.1 Å². The molecule has 0 radical (unpaired) electrons. The number of aromatic nitrogens is 4. The van der Waals surface area contributed by atoms with E-state index in [0.29, 0.717) is 11.3 Å². The second kappa shape index (κ2) is 6.28. The highest BCUT2D eigenvalue weighted by Gasteiger charge is 2.23. The molecule has 1 aromatic heterocycles. The van der Waals surface area contributed by atoms with Gasteiger partial charge in [-0.25, -0.2) is 4.68 Å². The zero-order valence-corrected chi connectivity index (χ0v) is 13.6. The summed E-state index contributed by atoms with van der Waals surface area (Å²) in [5.41, 5.74) is 0.492. The number of nitrogens with zero attached hydrogens (tertiary/aromatic N) is 5. The molecule has 0 bridgehead atoms. The third-order valence-corrected chi connectivity index (χ3v) is 4.68. The molecule has 0 amide bonds. The normalized spacial score (nSPS) is 11.2. The zero-order valence-electron chi connectivity index (χ0n) is 12.8. The van der Waals surface area contributed by atoms with Crippen LogP contribution in [-0.2, 0) is 10.1 Å². The number of benzene rings is 2. The smallest absolute Gasteiger partial charge is 0.339 e. The molecule has 0 saturated carbocycles. The lowest BCUT2D eigenvalue weighted by atomic mass is 10.2. The van der Waals surface area contributed by atoms with Gasteiger partial charge in [-0.05, 0) is 35.0 Å². The van der Waals surface area contributed by atoms with Gasteiger partial charge in [0.05, 0.1) is 10.6 Å². The van der Waals surface area contributed by atoms with E-state index in [4.69, 9.17) is 4.18 Å². The minimum absolute atomic E-state index is 0.0268. The van der Waals surface area contributed by atoms with Gasteiger partial charge in [0.1, 0.15) is 17.0 Å². The standard InChI is InChI=1S/C14H11N5O5S/c1-10-5-6-12(19(20)21)8-14(10)25(22,23)24-13-4-2-3-11(7-13)18-9-15-16-17-18/h2-9H,1H3. The maximum atomic E-state index is 12.5. The molecular formula is C14H11N5O5S. The Bertz CT molecular complexity index is 1030. The number of rotatable bonds is 5. The van der Waals surface area contributed by atoms with E-state index < -0.39 is 15.0 Å². The predicted molar refractivity (Wildman–Crippen MR) is 84.8 cm³/mol. The van der Waals surface area contributed by atoms with Crippen LogP contribution >= 0.6 is 0 Å². The molecule has 10 nitrogen and oxygen atoms in total. The molecule has 3 aromatic rings. The predicted octanol–water partition coefficient (Wildman–Crippen LogP) is 1.65. The topological polar surface area (TPSA) is 130 Å². The van der Waals surface area contributed by atoms with Gasteiger partial charge in [0.25, 0.3) is 5.69 Å². The molecule has 0 fully saturated rings. The summed E-state index contributed by atoms with van der Waals surface area (Å²) in [5, 5.41) is 21.6. The Morgan fingerprint density at radius 3 is 2.68 bits per heavy atom. The molecule has 0 aliphatic carbocycles. The molecule has 11 heteroatoms. The fraction of sp³-hybridized carbons (Fsp3) is 0.0714. The average molecular weight is 361 g/mol. The van der Waals surface area contributed by atoms with Crippen LogP contribution in [-0.4, -0.2) is 33.5 Å². The van der Waals surface area contributed by atoms with Crippen LogP contribution < -0.4 is 4.18 Å². The highest BCUT2D eigenvalue weighted by molar-refractivity contribution is 7.87. The lowest BCUT2D eigenvalue weighted by Gasteiger charge is -2.10. The molecule has 0 N–H and O–H groups in total. The van der Waals surface area contributed by atoms with Crippen LogP contribution in [0.5, 0.6) is 5.75 Å². The molecule has 1 heterocycles. The second-order valence-electron chi connectivity index (χ2n) is 5.00. The fourth-order valence-electron chi connectivity index (χ4n) is 2.10. The first-order valence-corrected chi connectivity index (χ1v) is 8.30. The third kappa shape index (κ3) is 3.45. The summed E-state index contributed by atoms with van der Waals surface area (Å²) in [6, 6.07) is 9.66. The molecule has 0 saturated heterocycles. The van der Waals surface area contributed by atoms with Crippen LogP contribution in [0.25, 0.3) is 5.69 Å². The molecule has 0 aliphatic heterocycles. The molecule has 0 atom stereocenters. The average Bonchev–Trinajstić information content (AvgIpc) is 3.09. The van der Waals surface area contributed by atoms with E-state index in [1.165, 1.54) is 42.2 Å². The molecule has 0 spiro atoms.